The Balaban J connectivity index is 1.95. The van der Waals surface area contributed by atoms with Gasteiger partial charge in [-0.05, 0) is 48.2 Å². The van der Waals surface area contributed by atoms with Gasteiger partial charge in [0.05, 0.1) is 25.8 Å². The molecule has 0 radical (unpaired) electrons. The summed E-state index contributed by atoms with van der Waals surface area (Å²) in [6.45, 7) is 7.76. The topological polar surface area (TPSA) is 73.9 Å². The van der Waals surface area contributed by atoms with E-state index in [4.69, 9.17) is 14.2 Å². The molecule has 0 spiro atoms. The SMILES string of the molecule is COc1ccc(OC)c([C@H](C)NC(=O)COC(=O)c2ccc(C(C)(C)C)cc2)c1. The van der Waals surface area contributed by atoms with E-state index in [2.05, 4.69) is 26.1 Å². The molecule has 2 rings (SSSR count). The van der Waals surface area contributed by atoms with Gasteiger partial charge in [0.25, 0.3) is 5.91 Å². The highest BCUT2D eigenvalue weighted by Gasteiger charge is 2.18. The molecule has 0 saturated carbocycles. The van der Waals surface area contributed by atoms with Crippen molar-refractivity contribution in [2.24, 2.45) is 0 Å². The molecule has 1 atom stereocenters. The first-order valence-corrected chi connectivity index (χ1v) is 9.44. The Morgan fingerprint density at radius 3 is 2.21 bits per heavy atom. The Morgan fingerprint density at radius 1 is 1.00 bits per heavy atom. The Labute approximate surface area is 172 Å². The highest BCUT2D eigenvalue weighted by molar-refractivity contribution is 5.91. The van der Waals surface area contributed by atoms with Crippen molar-refractivity contribution in [2.45, 2.75) is 39.2 Å². The number of carbonyl (C=O) groups is 2. The van der Waals surface area contributed by atoms with Gasteiger partial charge in [0.2, 0.25) is 0 Å². The van der Waals surface area contributed by atoms with Gasteiger partial charge in [0.1, 0.15) is 11.5 Å². The second-order valence-electron chi connectivity index (χ2n) is 7.80. The maximum atomic E-state index is 12.2. The molecule has 0 aliphatic rings. The van der Waals surface area contributed by atoms with Gasteiger partial charge in [-0.1, -0.05) is 32.9 Å². The summed E-state index contributed by atoms with van der Waals surface area (Å²) in [4.78, 5) is 24.5. The van der Waals surface area contributed by atoms with Crippen LogP contribution in [0.2, 0.25) is 0 Å². The fraction of sp³-hybridized carbons (Fsp3) is 0.391. The molecule has 1 N–H and O–H groups in total. The van der Waals surface area contributed by atoms with Gasteiger partial charge in [0.15, 0.2) is 6.61 Å². The van der Waals surface area contributed by atoms with Gasteiger partial charge in [-0.2, -0.15) is 0 Å². The van der Waals surface area contributed by atoms with Crippen molar-refractivity contribution >= 4 is 11.9 Å². The monoisotopic (exact) mass is 399 g/mol. The fourth-order valence-corrected chi connectivity index (χ4v) is 2.86. The minimum absolute atomic E-state index is 0.000362. The lowest BCUT2D eigenvalue weighted by molar-refractivity contribution is -0.124. The first-order chi connectivity index (χ1) is 13.7. The fourth-order valence-electron chi connectivity index (χ4n) is 2.86. The van der Waals surface area contributed by atoms with E-state index in [1.165, 1.54) is 0 Å². The number of nitrogens with one attached hydrogen (secondary N) is 1. The number of amides is 1. The third-order valence-corrected chi connectivity index (χ3v) is 4.60. The second kappa shape index (κ2) is 9.45. The van der Waals surface area contributed by atoms with Crippen molar-refractivity contribution in [3.8, 4) is 11.5 Å². The van der Waals surface area contributed by atoms with Gasteiger partial charge in [-0.3, -0.25) is 4.79 Å². The predicted octanol–water partition coefficient (Wildman–Crippen LogP) is 4.04. The van der Waals surface area contributed by atoms with Crippen LogP contribution in [0, 0.1) is 0 Å². The number of hydrogen-bond acceptors (Lipinski definition) is 5. The maximum absolute atomic E-state index is 12.2. The molecule has 6 heteroatoms. The number of benzene rings is 2. The van der Waals surface area contributed by atoms with Crippen LogP contribution < -0.4 is 14.8 Å². The molecule has 1 amide bonds. The maximum Gasteiger partial charge on any atom is 0.338 e. The average Bonchev–Trinajstić information content (AvgIpc) is 2.70. The molecule has 0 bridgehead atoms. The van der Waals surface area contributed by atoms with E-state index in [-0.39, 0.29) is 18.1 Å². The van der Waals surface area contributed by atoms with Gasteiger partial charge < -0.3 is 19.5 Å². The van der Waals surface area contributed by atoms with Crippen LogP contribution >= 0.6 is 0 Å². The summed E-state index contributed by atoms with van der Waals surface area (Å²) in [5, 5.41) is 2.81. The Morgan fingerprint density at radius 2 is 1.66 bits per heavy atom. The van der Waals surface area contributed by atoms with Crippen molar-refractivity contribution < 1.29 is 23.8 Å². The lowest BCUT2D eigenvalue weighted by Crippen LogP contribution is -2.31. The highest BCUT2D eigenvalue weighted by Crippen LogP contribution is 2.29. The molecular formula is C23H29NO5. The molecule has 0 saturated heterocycles. The second-order valence-corrected chi connectivity index (χ2v) is 7.80. The van der Waals surface area contributed by atoms with E-state index in [0.717, 1.165) is 11.1 Å². The third kappa shape index (κ3) is 5.98. The van der Waals surface area contributed by atoms with Crippen LogP contribution in [0.3, 0.4) is 0 Å². The predicted molar refractivity (Wildman–Crippen MR) is 112 cm³/mol. The number of rotatable bonds is 7. The standard InChI is InChI=1S/C23H29NO5/c1-15(19-13-18(27-5)11-12-20(19)28-6)24-21(25)14-29-22(26)16-7-9-17(10-8-16)23(2,3)4/h7-13,15H,14H2,1-6H3,(H,24,25)/t15-/m0/s1. The van der Waals surface area contributed by atoms with E-state index in [1.54, 1.807) is 44.6 Å². The van der Waals surface area contributed by atoms with E-state index < -0.39 is 11.9 Å². The smallest absolute Gasteiger partial charge is 0.338 e. The van der Waals surface area contributed by atoms with Crippen LogP contribution in [0.4, 0.5) is 0 Å². The van der Waals surface area contributed by atoms with E-state index in [1.807, 2.05) is 19.1 Å². The van der Waals surface area contributed by atoms with E-state index in [0.29, 0.717) is 17.1 Å². The molecular weight excluding hydrogens is 370 g/mol. The van der Waals surface area contributed by atoms with Crippen LogP contribution in [0.5, 0.6) is 11.5 Å². The lowest BCUT2D eigenvalue weighted by atomic mass is 9.87. The summed E-state index contributed by atoms with van der Waals surface area (Å²) in [6.07, 6.45) is 0. The molecule has 0 aromatic heterocycles. The van der Waals surface area contributed by atoms with Crippen LogP contribution in [0.15, 0.2) is 42.5 Å². The molecule has 0 heterocycles. The first-order valence-electron chi connectivity index (χ1n) is 9.44. The summed E-state index contributed by atoms with van der Waals surface area (Å²) in [5.74, 6) is 0.357. The van der Waals surface area contributed by atoms with Gasteiger partial charge in [-0.15, -0.1) is 0 Å². The first kappa shape index (κ1) is 22.3. The Bertz CT molecular complexity index is 853. The van der Waals surface area contributed by atoms with Gasteiger partial charge >= 0.3 is 5.97 Å². The third-order valence-electron chi connectivity index (χ3n) is 4.60. The van der Waals surface area contributed by atoms with Crippen LogP contribution in [0.1, 0.15) is 55.2 Å². The van der Waals surface area contributed by atoms with Gasteiger partial charge in [0, 0.05) is 5.56 Å². The molecule has 0 aliphatic carbocycles. The molecule has 156 valence electrons. The van der Waals surface area contributed by atoms with E-state index >= 15 is 0 Å². The summed E-state index contributed by atoms with van der Waals surface area (Å²) in [5.41, 5.74) is 2.30. The van der Waals surface area contributed by atoms with Crippen molar-refractivity contribution in [2.75, 3.05) is 20.8 Å². The average molecular weight is 399 g/mol. The van der Waals surface area contributed by atoms with E-state index in [9.17, 15) is 9.59 Å². The minimum atomic E-state index is -0.535. The summed E-state index contributed by atoms with van der Waals surface area (Å²) >= 11 is 0. The lowest BCUT2D eigenvalue weighted by Gasteiger charge is -2.19. The molecule has 6 nitrogen and oxygen atoms in total. The van der Waals surface area contributed by atoms with Crippen molar-refractivity contribution in [3.63, 3.8) is 0 Å². The Kier molecular flexibility index (Phi) is 7.26. The van der Waals surface area contributed by atoms with Crippen LogP contribution in [-0.4, -0.2) is 32.7 Å². The molecule has 0 aliphatic heterocycles. The number of esters is 1. The quantitative estimate of drug-likeness (QED) is 0.712. The molecule has 29 heavy (non-hydrogen) atoms. The minimum Gasteiger partial charge on any atom is -0.497 e. The Hall–Kier alpha value is -3.02. The van der Waals surface area contributed by atoms with Gasteiger partial charge in [-0.25, -0.2) is 4.79 Å². The zero-order chi connectivity index (χ0) is 21.6. The summed E-state index contributed by atoms with van der Waals surface area (Å²) in [7, 11) is 3.13. The van der Waals surface area contributed by atoms with Crippen molar-refractivity contribution in [3.05, 3.63) is 59.2 Å². The zero-order valence-corrected chi connectivity index (χ0v) is 17.9. The largest absolute Gasteiger partial charge is 0.497 e. The number of carbonyl (C=O) groups excluding carboxylic acids is 2. The van der Waals surface area contributed by atoms with Crippen molar-refractivity contribution in [1.82, 2.24) is 5.32 Å². The zero-order valence-electron chi connectivity index (χ0n) is 17.9. The summed E-state index contributed by atoms with van der Waals surface area (Å²) < 4.78 is 15.7. The molecule has 0 unspecified atom stereocenters. The molecule has 0 fully saturated rings. The summed E-state index contributed by atoms with van der Waals surface area (Å²) in [6, 6.07) is 12.2. The number of hydrogen-bond donors (Lipinski definition) is 1. The number of ether oxygens (including phenoxy) is 3. The normalized spacial score (nSPS) is 12.1. The van der Waals surface area contributed by atoms with Crippen molar-refractivity contribution in [1.29, 1.82) is 0 Å². The van der Waals surface area contributed by atoms with Crippen LogP contribution in [-0.2, 0) is 14.9 Å². The molecule has 2 aromatic rings. The van der Waals surface area contributed by atoms with Crippen LogP contribution in [0.25, 0.3) is 0 Å². The number of methoxy groups -OCH3 is 2. The highest BCUT2D eigenvalue weighted by atomic mass is 16.5. The molecule has 2 aromatic carbocycles.